The second-order valence-electron chi connectivity index (χ2n) is 4.21. The van der Waals surface area contributed by atoms with Crippen LogP contribution < -0.4 is 4.74 Å². The van der Waals surface area contributed by atoms with E-state index in [4.69, 9.17) is 16.3 Å². The minimum Gasteiger partial charge on any atom is -0.495 e. The van der Waals surface area contributed by atoms with Crippen molar-refractivity contribution in [1.29, 1.82) is 0 Å². The van der Waals surface area contributed by atoms with E-state index >= 15 is 0 Å². The Kier molecular flexibility index (Phi) is 3.98. The van der Waals surface area contributed by atoms with Crippen molar-refractivity contribution in [2.24, 2.45) is 5.92 Å². The Morgan fingerprint density at radius 3 is 2.53 bits per heavy atom. The van der Waals surface area contributed by atoms with Crippen LogP contribution in [0.2, 0.25) is 5.02 Å². The predicted molar refractivity (Wildman–Crippen MR) is 66.3 cm³/mol. The molecule has 0 aliphatic carbocycles. The first-order valence-electron chi connectivity index (χ1n) is 5.48. The van der Waals surface area contributed by atoms with Crippen LogP contribution in [0.25, 0.3) is 0 Å². The molecule has 1 aromatic rings. The number of hydrogen-bond acceptors (Lipinski definition) is 3. The van der Waals surface area contributed by atoms with Gasteiger partial charge in [0.2, 0.25) is 16.4 Å². The zero-order valence-electron chi connectivity index (χ0n) is 10.0. The van der Waals surface area contributed by atoms with Gasteiger partial charge < -0.3 is 4.74 Å². The lowest BCUT2D eigenvalue weighted by molar-refractivity contribution is 0.0123. The van der Waals surface area contributed by atoms with Crippen molar-refractivity contribution in [3.8, 4) is 5.75 Å². The van der Waals surface area contributed by atoms with Crippen molar-refractivity contribution < 1.29 is 21.9 Å². The fraction of sp³-hybridized carbons (Fsp3) is 0.455. The van der Waals surface area contributed by atoms with Crippen molar-refractivity contribution in [2.45, 2.75) is 11.3 Å². The molecule has 1 saturated heterocycles. The van der Waals surface area contributed by atoms with Crippen LogP contribution in [0.5, 0.6) is 5.75 Å². The first-order chi connectivity index (χ1) is 8.86. The monoisotopic (exact) mass is 311 g/mol. The van der Waals surface area contributed by atoms with Crippen LogP contribution >= 0.6 is 11.6 Å². The van der Waals surface area contributed by atoms with Gasteiger partial charge in [-0.05, 0) is 18.2 Å². The molecule has 4 nitrogen and oxygen atoms in total. The number of nitrogens with zero attached hydrogens (tertiary/aromatic N) is 1. The minimum atomic E-state index is -3.76. The van der Waals surface area contributed by atoms with E-state index in [1.165, 1.54) is 25.3 Å². The molecule has 0 unspecified atom stereocenters. The van der Waals surface area contributed by atoms with Crippen molar-refractivity contribution in [3.05, 3.63) is 23.2 Å². The fourth-order valence-corrected chi connectivity index (χ4v) is 3.68. The molecule has 19 heavy (non-hydrogen) atoms. The van der Waals surface area contributed by atoms with Gasteiger partial charge in [0, 0.05) is 19.0 Å². The van der Waals surface area contributed by atoms with Gasteiger partial charge in [0.05, 0.1) is 17.0 Å². The number of benzene rings is 1. The second-order valence-corrected chi connectivity index (χ2v) is 6.56. The van der Waals surface area contributed by atoms with Gasteiger partial charge >= 0.3 is 0 Å². The Labute approximate surface area is 115 Å². The van der Waals surface area contributed by atoms with Gasteiger partial charge in [0.25, 0.3) is 0 Å². The lowest BCUT2D eigenvalue weighted by Crippen LogP contribution is -2.52. The molecule has 1 heterocycles. The van der Waals surface area contributed by atoms with Crippen LogP contribution in [0.4, 0.5) is 8.78 Å². The smallest absolute Gasteiger partial charge is 0.243 e. The van der Waals surface area contributed by atoms with E-state index in [0.29, 0.717) is 5.75 Å². The van der Waals surface area contributed by atoms with Gasteiger partial charge in [0.15, 0.2) is 0 Å². The number of rotatable bonds is 4. The van der Waals surface area contributed by atoms with E-state index in [-0.39, 0.29) is 23.0 Å². The summed E-state index contributed by atoms with van der Waals surface area (Å²) in [5.74, 6) is -0.529. The first-order valence-corrected chi connectivity index (χ1v) is 7.30. The number of hydrogen-bond donors (Lipinski definition) is 0. The standard InChI is InChI=1S/C11H12ClF2NO3S/c1-18-10-3-2-8(4-9(10)12)19(16,17)15-5-7(6-15)11(13)14/h2-4,7,11H,5-6H2,1H3. The molecule has 2 rings (SSSR count). The quantitative estimate of drug-likeness (QED) is 0.856. The van der Waals surface area contributed by atoms with E-state index in [2.05, 4.69) is 0 Å². The normalized spacial score (nSPS) is 17.5. The number of sulfonamides is 1. The molecular weight excluding hydrogens is 300 g/mol. The number of methoxy groups -OCH3 is 1. The molecule has 0 aromatic heterocycles. The van der Waals surface area contributed by atoms with Crippen LogP contribution in [0.3, 0.4) is 0 Å². The number of alkyl halides is 2. The average molecular weight is 312 g/mol. The zero-order chi connectivity index (χ0) is 14.2. The zero-order valence-corrected chi connectivity index (χ0v) is 11.6. The van der Waals surface area contributed by atoms with E-state index in [0.717, 1.165) is 4.31 Å². The van der Waals surface area contributed by atoms with Gasteiger partial charge in [-0.1, -0.05) is 11.6 Å². The fourth-order valence-electron chi connectivity index (χ4n) is 1.78. The molecule has 0 atom stereocenters. The van der Waals surface area contributed by atoms with Gasteiger partial charge in [0.1, 0.15) is 5.75 Å². The Morgan fingerprint density at radius 2 is 2.05 bits per heavy atom. The van der Waals surface area contributed by atoms with Gasteiger partial charge in [-0.25, -0.2) is 17.2 Å². The SMILES string of the molecule is COc1ccc(S(=O)(=O)N2CC(C(F)F)C2)cc1Cl. The van der Waals surface area contributed by atoms with Crippen LogP contribution in [-0.4, -0.2) is 39.3 Å². The maximum absolute atomic E-state index is 12.3. The van der Waals surface area contributed by atoms with Gasteiger partial charge in [-0.3, -0.25) is 0 Å². The van der Waals surface area contributed by atoms with Crippen LogP contribution in [0.1, 0.15) is 0 Å². The Hall–Kier alpha value is -0.920. The van der Waals surface area contributed by atoms with E-state index < -0.39 is 22.4 Å². The maximum atomic E-state index is 12.3. The summed E-state index contributed by atoms with van der Waals surface area (Å²) in [6, 6.07) is 4.03. The van der Waals surface area contributed by atoms with Crippen molar-refractivity contribution in [1.82, 2.24) is 4.31 Å². The van der Waals surface area contributed by atoms with Crippen LogP contribution in [0.15, 0.2) is 23.1 Å². The highest BCUT2D eigenvalue weighted by Gasteiger charge is 2.41. The molecule has 0 saturated carbocycles. The number of ether oxygens (including phenoxy) is 1. The molecule has 1 aliphatic rings. The van der Waals surface area contributed by atoms with Gasteiger partial charge in [-0.2, -0.15) is 4.31 Å². The molecule has 0 radical (unpaired) electrons. The molecule has 8 heteroatoms. The molecule has 0 bridgehead atoms. The third-order valence-electron chi connectivity index (χ3n) is 2.99. The molecular formula is C11H12ClF2NO3S. The molecule has 1 fully saturated rings. The highest BCUT2D eigenvalue weighted by atomic mass is 35.5. The lowest BCUT2D eigenvalue weighted by Gasteiger charge is -2.37. The summed E-state index contributed by atoms with van der Waals surface area (Å²) < 4.78 is 54.9. The third-order valence-corrected chi connectivity index (χ3v) is 5.12. The molecule has 106 valence electrons. The Balaban J connectivity index is 2.20. The third kappa shape index (κ3) is 2.68. The maximum Gasteiger partial charge on any atom is 0.243 e. The second kappa shape index (κ2) is 5.22. The highest BCUT2D eigenvalue weighted by molar-refractivity contribution is 7.89. The van der Waals surface area contributed by atoms with E-state index in [1.54, 1.807) is 0 Å². The molecule has 0 spiro atoms. The summed E-state index contributed by atoms with van der Waals surface area (Å²) in [7, 11) is -2.34. The Morgan fingerprint density at radius 1 is 1.42 bits per heavy atom. The Bertz CT molecular complexity index is 573. The summed E-state index contributed by atoms with van der Waals surface area (Å²) in [5, 5.41) is 0.162. The first kappa shape index (κ1) is 14.5. The molecule has 0 amide bonds. The number of halogens is 3. The van der Waals surface area contributed by atoms with Crippen molar-refractivity contribution in [2.75, 3.05) is 20.2 Å². The summed E-state index contributed by atoms with van der Waals surface area (Å²) in [6.45, 7) is -0.326. The predicted octanol–water partition coefficient (Wildman–Crippen LogP) is 2.23. The van der Waals surface area contributed by atoms with Crippen molar-refractivity contribution >= 4 is 21.6 Å². The summed E-state index contributed by atoms with van der Waals surface area (Å²) >= 11 is 5.85. The van der Waals surface area contributed by atoms with E-state index in [1.807, 2.05) is 0 Å². The van der Waals surface area contributed by atoms with Gasteiger partial charge in [-0.15, -0.1) is 0 Å². The summed E-state index contributed by atoms with van der Waals surface area (Å²) in [5.41, 5.74) is 0. The highest BCUT2D eigenvalue weighted by Crippen LogP contribution is 2.32. The minimum absolute atomic E-state index is 0.0222. The lowest BCUT2D eigenvalue weighted by atomic mass is 10.1. The van der Waals surface area contributed by atoms with Crippen molar-refractivity contribution in [3.63, 3.8) is 0 Å². The summed E-state index contributed by atoms with van der Waals surface area (Å²) in [4.78, 5) is -0.0222. The topological polar surface area (TPSA) is 46.6 Å². The van der Waals surface area contributed by atoms with Crippen LogP contribution in [0, 0.1) is 5.92 Å². The average Bonchev–Trinajstić information content (AvgIpc) is 2.25. The molecule has 1 aliphatic heterocycles. The molecule has 0 N–H and O–H groups in total. The van der Waals surface area contributed by atoms with Crippen LogP contribution in [-0.2, 0) is 10.0 Å². The van der Waals surface area contributed by atoms with E-state index in [9.17, 15) is 17.2 Å². The largest absolute Gasteiger partial charge is 0.495 e. The summed E-state index contributed by atoms with van der Waals surface area (Å²) in [6.07, 6.45) is -2.49. The molecule has 1 aromatic carbocycles.